The predicted octanol–water partition coefficient (Wildman–Crippen LogP) is 1.96. The molecule has 5 nitrogen and oxygen atoms in total. The molecule has 1 aromatic heterocycles. The monoisotopic (exact) mass is 231 g/mol. The number of benzene rings is 1. The molecule has 2 rings (SSSR count). The van der Waals surface area contributed by atoms with E-state index in [-0.39, 0.29) is 5.69 Å². The molecule has 0 bridgehead atoms. The molecule has 5 heteroatoms. The Labute approximate surface area is 96.0 Å². The standard InChI is InChI=1S/C12H9NO4/c14-10(15)6-5-8-7-3-1-2-4-9(7)13-11(8)12(16)17/h1-6,13H,(H,14,15)(H,16,17). The summed E-state index contributed by atoms with van der Waals surface area (Å²) in [4.78, 5) is 24.2. The number of aliphatic carboxylic acids is 1. The normalized spacial score (nSPS) is 11.1. The highest BCUT2D eigenvalue weighted by molar-refractivity contribution is 6.03. The fourth-order valence-corrected chi connectivity index (χ4v) is 1.66. The molecule has 0 unspecified atom stereocenters. The van der Waals surface area contributed by atoms with E-state index in [1.807, 2.05) is 0 Å². The minimum absolute atomic E-state index is 0.0105. The van der Waals surface area contributed by atoms with Gasteiger partial charge < -0.3 is 15.2 Å². The molecule has 2 aromatic rings. The van der Waals surface area contributed by atoms with E-state index in [4.69, 9.17) is 10.2 Å². The van der Waals surface area contributed by atoms with Gasteiger partial charge in [-0.2, -0.15) is 0 Å². The largest absolute Gasteiger partial charge is 0.478 e. The summed E-state index contributed by atoms with van der Waals surface area (Å²) < 4.78 is 0. The van der Waals surface area contributed by atoms with Crippen LogP contribution in [0.5, 0.6) is 0 Å². The van der Waals surface area contributed by atoms with Gasteiger partial charge in [0.1, 0.15) is 5.69 Å². The number of fused-ring (bicyclic) bond motifs is 1. The minimum Gasteiger partial charge on any atom is -0.478 e. The molecule has 0 aliphatic rings. The second-order valence-corrected chi connectivity index (χ2v) is 3.44. The Bertz CT molecular complexity index is 624. The van der Waals surface area contributed by atoms with Gasteiger partial charge in [0.05, 0.1) is 0 Å². The maximum atomic E-state index is 11.0. The minimum atomic E-state index is -1.12. The van der Waals surface area contributed by atoms with Crippen molar-refractivity contribution in [1.29, 1.82) is 0 Å². The molecule has 0 aliphatic heterocycles. The second kappa shape index (κ2) is 4.13. The third kappa shape index (κ3) is 2.03. The number of H-pyrrole nitrogens is 1. The Balaban J connectivity index is 2.68. The molecule has 86 valence electrons. The first-order chi connectivity index (χ1) is 8.09. The molecule has 0 fully saturated rings. The zero-order valence-electron chi connectivity index (χ0n) is 8.68. The van der Waals surface area contributed by atoms with Gasteiger partial charge >= 0.3 is 11.9 Å². The van der Waals surface area contributed by atoms with E-state index < -0.39 is 11.9 Å². The first-order valence-corrected chi connectivity index (χ1v) is 4.84. The van der Waals surface area contributed by atoms with E-state index in [0.29, 0.717) is 16.5 Å². The highest BCUT2D eigenvalue weighted by atomic mass is 16.4. The van der Waals surface area contributed by atoms with Crippen molar-refractivity contribution in [3.63, 3.8) is 0 Å². The number of aromatic nitrogens is 1. The van der Waals surface area contributed by atoms with E-state index in [2.05, 4.69) is 4.98 Å². The van der Waals surface area contributed by atoms with E-state index in [1.54, 1.807) is 24.3 Å². The molecule has 17 heavy (non-hydrogen) atoms. The third-order valence-corrected chi connectivity index (χ3v) is 2.35. The SMILES string of the molecule is O=C(O)C=Cc1c(C(=O)O)[nH]c2ccccc12. The molecule has 0 aliphatic carbocycles. The highest BCUT2D eigenvalue weighted by Gasteiger charge is 2.14. The molecule has 0 radical (unpaired) electrons. The Hall–Kier alpha value is -2.56. The van der Waals surface area contributed by atoms with Crippen LogP contribution in [0.15, 0.2) is 30.3 Å². The Kier molecular flexibility index (Phi) is 2.66. The number of hydrogen-bond donors (Lipinski definition) is 3. The van der Waals surface area contributed by atoms with Gasteiger partial charge in [-0.15, -0.1) is 0 Å². The molecule has 0 spiro atoms. The maximum Gasteiger partial charge on any atom is 0.352 e. The van der Waals surface area contributed by atoms with Gasteiger partial charge in [0, 0.05) is 22.5 Å². The van der Waals surface area contributed by atoms with Gasteiger partial charge in [-0.25, -0.2) is 9.59 Å². The number of aromatic amines is 1. The van der Waals surface area contributed by atoms with Crippen molar-refractivity contribution >= 4 is 28.9 Å². The van der Waals surface area contributed by atoms with Gasteiger partial charge in [-0.05, 0) is 12.1 Å². The number of carboxylic acid groups (broad SMARTS) is 2. The van der Waals surface area contributed by atoms with E-state index >= 15 is 0 Å². The van der Waals surface area contributed by atoms with Crippen molar-refractivity contribution in [2.24, 2.45) is 0 Å². The van der Waals surface area contributed by atoms with Crippen LogP contribution in [0.2, 0.25) is 0 Å². The van der Waals surface area contributed by atoms with Crippen LogP contribution in [-0.4, -0.2) is 27.1 Å². The number of carboxylic acids is 2. The van der Waals surface area contributed by atoms with Crippen LogP contribution in [0.1, 0.15) is 16.1 Å². The van der Waals surface area contributed by atoms with Gasteiger partial charge in [0.25, 0.3) is 0 Å². The molecule has 0 amide bonds. The summed E-state index contributed by atoms with van der Waals surface area (Å²) in [5.74, 6) is -2.24. The highest BCUT2D eigenvalue weighted by Crippen LogP contribution is 2.23. The van der Waals surface area contributed by atoms with Crippen LogP contribution >= 0.6 is 0 Å². The Morgan fingerprint density at radius 3 is 2.53 bits per heavy atom. The lowest BCUT2D eigenvalue weighted by molar-refractivity contribution is -0.131. The quantitative estimate of drug-likeness (QED) is 0.704. The fraction of sp³-hybridized carbons (Fsp3) is 0. The van der Waals surface area contributed by atoms with Crippen molar-refractivity contribution in [2.75, 3.05) is 0 Å². The molecular weight excluding hydrogens is 222 g/mol. The van der Waals surface area contributed by atoms with Crippen LogP contribution in [0.3, 0.4) is 0 Å². The number of para-hydroxylation sites is 1. The lowest BCUT2D eigenvalue weighted by Crippen LogP contribution is -1.98. The summed E-state index contributed by atoms with van der Waals surface area (Å²) in [5.41, 5.74) is 1.02. The second-order valence-electron chi connectivity index (χ2n) is 3.44. The first kappa shape index (κ1) is 10.9. The topological polar surface area (TPSA) is 90.4 Å². The third-order valence-electron chi connectivity index (χ3n) is 2.35. The van der Waals surface area contributed by atoms with Gasteiger partial charge in [0.2, 0.25) is 0 Å². The molecular formula is C12H9NO4. The van der Waals surface area contributed by atoms with Crippen LogP contribution < -0.4 is 0 Å². The van der Waals surface area contributed by atoms with Gasteiger partial charge in [-0.3, -0.25) is 0 Å². The van der Waals surface area contributed by atoms with E-state index in [0.717, 1.165) is 6.08 Å². The van der Waals surface area contributed by atoms with Crippen LogP contribution in [0.4, 0.5) is 0 Å². The Morgan fingerprint density at radius 1 is 1.18 bits per heavy atom. The van der Waals surface area contributed by atoms with E-state index in [9.17, 15) is 9.59 Å². The average Bonchev–Trinajstić information content (AvgIpc) is 2.65. The molecule has 0 saturated heterocycles. The Morgan fingerprint density at radius 2 is 1.88 bits per heavy atom. The zero-order valence-corrected chi connectivity index (χ0v) is 8.68. The fourth-order valence-electron chi connectivity index (χ4n) is 1.66. The maximum absolute atomic E-state index is 11.0. The number of rotatable bonds is 3. The number of carbonyl (C=O) groups is 2. The number of nitrogens with one attached hydrogen (secondary N) is 1. The van der Waals surface area contributed by atoms with Crippen molar-refractivity contribution in [3.05, 3.63) is 41.6 Å². The summed E-state index contributed by atoms with van der Waals surface area (Å²) in [7, 11) is 0. The summed E-state index contributed by atoms with van der Waals surface area (Å²) in [6, 6.07) is 7.01. The molecule has 1 heterocycles. The van der Waals surface area contributed by atoms with Crippen molar-refractivity contribution in [3.8, 4) is 0 Å². The summed E-state index contributed by atoms with van der Waals surface area (Å²) in [6.07, 6.45) is 2.20. The molecule has 3 N–H and O–H groups in total. The van der Waals surface area contributed by atoms with Crippen molar-refractivity contribution < 1.29 is 19.8 Å². The van der Waals surface area contributed by atoms with Crippen molar-refractivity contribution in [1.82, 2.24) is 4.98 Å². The smallest absolute Gasteiger partial charge is 0.352 e. The lowest BCUT2D eigenvalue weighted by Gasteiger charge is -1.93. The van der Waals surface area contributed by atoms with Crippen LogP contribution in [0, 0.1) is 0 Å². The van der Waals surface area contributed by atoms with E-state index in [1.165, 1.54) is 6.08 Å². The lowest BCUT2D eigenvalue weighted by atomic mass is 10.1. The molecule has 0 atom stereocenters. The van der Waals surface area contributed by atoms with Crippen LogP contribution in [0.25, 0.3) is 17.0 Å². The van der Waals surface area contributed by atoms with Crippen LogP contribution in [-0.2, 0) is 4.79 Å². The molecule has 0 saturated carbocycles. The summed E-state index contributed by atoms with van der Waals surface area (Å²) in [5, 5.41) is 18.3. The molecule has 1 aromatic carbocycles. The summed E-state index contributed by atoms with van der Waals surface area (Å²) >= 11 is 0. The van der Waals surface area contributed by atoms with Gasteiger partial charge in [-0.1, -0.05) is 18.2 Å². The average molecular weight is 231 g/mol. The predicted molar refractivity (Wildman–Crippen MR) is 61.9 cm³/mol. The summed E-state index contributed by atoms with van der Waals surface area (Å²) in [6.45, 7) is 0. The van der Waals surface area contributed by atoms with Gasteiger partial charge in [0.15, 0.2) is 0 Å². The van der Waals surface area contributed by atoms with Crippen molar-refractivity contribution in [2.45, 2.75) is 0 Å². The number of aromatic carboxylic acids is 1. The number of hydrogen-bond acceptors (Lipinski definition) is 2. The first-order valence-electron chi connectivity index (χ1n) is 4.84. The zero-order chi connectivity index (χ0) is 12.4.